The van der Waals surface area contributed by atoms with Gasteiger partial charge in [0.25, 0.3) is 11.5 Å². The number of carbonyl (C=O) groups excluding carboxylic acids is 1. The maximum Gasteiger partial charge on any atom is 0.262 e. The molecule has 2 aromatic heterocycles. The Labute approximate surface area is 211 Å². The molecule has 0 unspecified atom stereocenters. The molecule has 10 heteroatoms. The summed E-state index contributed by atoms with van der Waals surface area (Å²) in [5, 5.41) is 12.8. The number of fused-ring (bicyclic) bond motifs is 3. The average Bonchev–Trinajstić information content (AvgIpc) is 3.23. The summed E-state index contributed by atoms with van der Waals surface area (Å²) in [6.45, 7) is 9.06. The van der Waals surface area contributed by atoms with Crippen molar-refractivity contribution in [3.8, 4) is 0 Å². The summed E-state index contributed by atoms with van der Waals surface area (Å²) < 4.78 is 17.7. The second-order valence-corrected chi connectivity index (χ2v) is 10.6. The highest BCUT2D eigenvalue weighted by Gasteiger charge is 2.20. The van der Waals surface area contributed by atoms with E-state index < -0.39 is 5.82 Å². The van der Waals surface area contributed by atoms with Gasteiger partial charge in [0, 0.05) is 35.0 Å². The summed E-state index contributed by atoms with van der Waals surface area (Å²) in [4.78, 5) is 26.1. The molecule has 0 spiro atoms. The summed E-state index contributed by atoms with van der Waals surface area (Å²) in [5.74, 6) is 0.481. The number of halogens is 2. The second kappa shape index (κ2) is 10.4. The number of carbonyl (C=O) groups is 1. The van der Waals surface area contributed by atoms with E-state index in [4.69, 9.17) is 11.6 Å². The fourth-order valence-electron chi connectivity index (χ4n) is 3.75. The van der Waals surface area contributed by atoms with Crippen molar-refractivity contribution in [1.82, 2.24) is 24.5 Å². The van der Waals surface area contributed by atoms with Crippen LogP contribution in [0.25, 0.3) is 16.7 Å². The van der Waals surface area contributed by atoms with E-state index in [0.717, 1.165) is 0 Å². The molecule has 7 nitrogen and oxygen atoms in total. The van der Waals surface area contributed by atoms with Crippen LogP contribution in [0.15, 0.2) is 46.3 Å². The first-order valence-electron chi connectivity index (χ1n) is 11.4. The van der Waals surface area contributed by atoms with E-state index in [9.17, 15) is 14.0 Å². The number of rotatable bonds is 8. The Morgan fingerprint density at radius 2 is 1.91 bits per heavy atom. The maximum absolute atomic E-state index is 14.3. The Hall–Kier alpha value is -2.91. The van der Waals surface area contributed by atoms with Gasteiger partial charge in [-0.1, -0.05) is 57.1 Å². The van der Waals surface area contributed by atoms with Gasteiger partial charge in [0.2, 0.25) is 5.78 Å². The lowest BCUT2D eigenvalue weighted by Gasteiger charge is -2.14. The molecule has 2 heterocycles. The molecule has 0 atom stereocenters. The molecule has 184 valence electrons. The molecule has 1 amide bonds. The number of thioether (sulfide) groups is 1. The molecule has 4 rings (SSSR count). The quantitative estimate of drug-likeness (QED) is 0.327. The monoisotopic (exact) mass is 515 g/mol. The van der Waals surface area contributed by atoms with E-state index in [2.05, 4.69) is 15.5 Å². The standard InChI is InChI=1S/C25H27ClFN5O2S/c1-14(2)11-28-22(33)16-8-9-17-21(10-16)32-24(31(23(17)34)12-15(3)4)29-30-25(32)35-13-18-19(26)6-5-7-20(18)27/h5-10,14-15H,11-13H2,1-4H3,(H,28,33). The first kappa shape index (κ1) is 25.2. The third-order valence-corrected chi connectivity index (χ3v) is 6.77. The van der Waals surface area contributed by atoms with Gasteiger partial charge >= 0.3 is 0 Å². The van der Waals surface area contributed by atoms with Crippen molar-refractivity contribution in [1.29, 1.82) is 0 Å². The molecule has 0 saturated heterocycles. The van der Waals surface area contributed by atoms with Gasteiger partial charge in [-0.15, -0.1) is 10.2 Å². The maximum atomic E-state index is 14.3. The Kier molecular flexibility index (Phi) is 7.47. The number of hydrogen-bond donors (Lipinski definition) is 1. The third-order valence-electron chi connectivity index (χ3n) is 5.46. The van der Waals surface area contributed by atoms with E-state index >= 15 is 0 Å². The van der Waals surface area contributed by atoms with Crippen LogP contribution in [-0.2, 0) is 12.3 Å². The molecular formula is C25H27ClFN5O2S. The van der Waals surface area contributed by atoms with Crippen LogP contribution in [0.1, 0.15) is 43.6 Å². The lowest BCUT2D eigenvalue weighted by atomic mass is 10.1. The van der Waals surface area contributed by atoms with Crippen LogP contribution in [0, 0.1) is 17.7 Å². The lowest BCUT2D eigenvalue weighted by Crippen LogP contribution is -2.28. The first-order chi connectivity index (χ1) is 16.7. The van der Waals surface area contributed by atoms with Crippen LogP contribution in [0.4, 0.5) is 4.39 Å². The Morgan fingerprint density at radius 3 is 2.60 bits per heavy atom. The SMILES string of the molecule is CC(C)CNC(=O)c1ccc2c(=O)n(CC(C)C)c3nnc(SCc4c(F)cccc4Cl)n3c2c1. The van der Waals surface area contributed by atoms with Gasteiger partial charge in [-0.05, 0) is 42.2 Å². The molecule has 4 aromatic rings. The highest BCUT2D eigenvalue weighted by molar-refractivity contribution is 7.98. The zero-order valence-electron chi connectivity index (χ0n) is 20.0. The van der Waals surface area contributed by atoms with Gasteiger partial charge < -0.3 is 5.32 Å². The average molecular weight is 516 g/mol. The van der Waals surface area contributed by atoms with Crippen molar-refractivity contribution >= 4 is 46.0 Å². The Morgan fingerprint density at radius 1 is 1.14 bits per heavy atom. The Bertz CT molecular complexity index is 1440. The summed E-state index contributed by atoms with van der Waals surface area (Å²) in [6, 6.07) is 9.56. The molecular weight excluding hydrogens is 489 g/mol. The van der Waals surface area contributed by atoms with Crippen molar-refractivity contribution in [2.24, 2.45) is 11.8 Å². The zero-order chi connectivity index (χ0) is 25.3. The molecule has 0 aliphatic heterocycles. The molecule has 0 aliphatic carbocycles. The highest BCUT2D eigenvalue weighted by Crippen LogP contribution is 2.29. The molecule has 0 bridgehead atoms. The van der Waals surface area contributed by atoms with Gasteiger partial charge in [-0.2, -0.15) is 0 Å². The molecule has 0 saturated carbocycles. The lowest BCUT2D eigenvalue weighted by molar-refractivity contribution is 0.0949. The number of aromatic nitrogens is 4. The third kappa shape index (κ3) is 5.21. The summed E-state index contributed by atoms with van der Waals surface area (Å²) in [7, 11) is 0. The van der Waals surface area contributed by atoms with Gasteiger partial charge in [0.1, 0.15) is 5.82 Å². The predicted molar refractivity (Wildman–Crippen MR) is 138 cm³/mol. The van der Waals surface area contributed by atoms with Crippen LogP contribution in [0.3, 0.4) is 0 Å². The Balaban J connectivity index is 1.86. The topological polar surface area (TPSA) is 81.3 Å². The number of benzene rings is 2. The van der Waals surface area contributed by atoms with Gasteiger partial charge in [-0.3, -0.25) is 18.6 Å². The minimum Gasteiger partial charge on any atom is -0.352 e. The van der Waals surface area contributed by atoms with Crippen molar-refractivity contribution in [2.45, 2.75) is 45.1 Å². The van der Waals surface area contributed by atoms with Gasteiger partial charge in [-0.25, -0.2) is 4.39 Å². The van der Waals surface area contributed by atoms with E-state index in [1.54, 1.807) is 39.3 Å². The first-order valence-corrected chi connectivity index (χ1v) is 12.8. The molecule has 0 radical (unpaired) electrons. The van der Waals surface area contributed by atoms with Crippen molar-refractivity contribution in [3.63, 3.8) is 0 Å². The minimum absolute atomic E-state index is 0.194. The highest BCUT2D eigenvalue weighted by atomic mass is 35.5. The largest absolute Gasteiger partial charge is 0.352 e. The molecule has 1 N–H and O–H groups in total. The normalized spacial score (nSPS) is 11.8. The van der Waals surface area contributed by atoms with Gasteiger partial charge in [0.05, 0.1) is 10.9 Å². The van der Waals surface area contributed by atoms with Crippen LogP contribution in [-0.4, -0.2) is 31.6 Å². The molecule has 0 fully saturated rings. The van der Waals surface area contributed by atoms with E-state index in [1.807, 2.05) is 27.7 Å². The van der Waals surface area contributed by atoms with Gasteiger partial charge in [0.15, 0.2) is 5.16 Å². The van der Waals surface area contributed by atoms with Crippen LogP contribution in [0.2, 0.25) is 5.02 Å². The predicted octanol–water partition coefficient (Wildman–Crippen LogP) is 5.17. The number of amides is 1. The second-order valence-electron chi connectivity index (χ2n) is 9.25. The van der Waals surface area contributed by atoms with Crippen molar-refractivity contribution < 1.29 is 9.18 Å². The minimum atomic E-state index is -0.399. The summed E-state index contributed by atoms with van der Waals surface area (Å²) in [6.07, 6.45) is 0. The molecule has 0 aliphatic rings. The van der Waals surface area contributed by atoms with Crippen LogP contribution >= 0.6 is 23.4 Å². The fourth-order valence-corrected chi connectivity index (χ4v) is 5.04. The number of nitrogens with one attached hydrogen (secondary N) is 1. The summed E-state index contributed by atoms with van der Waals surface area (Å²) in [5.41, 5.74) is 1.12. The zero-order valence-corrected chi connectivity index (χ0v) is 21.6. The smallest absolute Gasteiger partial charge is 0.262 e. The summed E-state index contributed by atoms with van der Waals surface area (Å²) >= 11 is 7.47. The fraction of sp³-hybridized carbons (Fsp3) is 0.360. The van der Waals surface area contributed by atoms with Crippen molar-refractivity contribution in [2.75, 3.05) is 6.54 Å². The number of hydrogen-bond acceptors (Lipinski definition) is 5. The molecule has 35 heavy (non-hydrogen) atoms. The number of nitrogens with zero attached hydrogens (tertiary/aromatic N) is 4. The molecule has 2 aromatic carbocycles. The van der Waals surface area contributed by atoms with Crippen LogP contribution in [0.5, 0.6) is 0 Å². The van der Waals surface area contributed by atoms with E-state index in [-0.39, 0.29) is 23.1 Å². The van der Waals surface area contributed by atoms with E-state index in [1.165, 1.54) is 17.8 Å². The van der Waals surface area contributed by atoms with E-state index in [0.29, 0.717) is 57.0 Å². The van der Waals surface area contributed by atoms with Crippen molar-refractivity contribution in [3.05, 3.63) is 68.7 Å². The van der Waals surface area contributed by atoms with Crippen LogP contribution < -0.4 is 10.9 Å².